The van der Waals surface area contributed by atoms with E-state index in [9.17, 15) is 9.59 Å². The average Bonchev–Trinajstić information content (AvgIpc) is 2.11. The van der Waals surface area contributed by atoms with Crippen molar-refractivity contribution in [2.75, 3.05) is 20.8 Å². The van der Waals surface area contributed by atoms with Crippen molar-refractivity contribution in [2.45, 2.75) is 0 Å². The van der Waals surface area contributed by atoms with Gasteiger partial charge in [0.05, 0.1) is 14.2 Å². The summed E-state index contributed by atoms with van der Waals surface area (Å²) in [4.78, 5) is 21.0. The second-order valence-electron chi connectivity index (χ2n) is 1.81. The number of rotatable bonds is 4. The highest BCUT2D eigenvalue weighted by Crippen LogP contribution is 1.75. The Balaban J connectivity index is 3.48. The number of hydrogen-bond donors (Lipinski definition) is 1. The summed E-state index contributed by atoms with van der Waals surface area (Å²) >= 11 is 0. The lowest BCUT2D eigenvalue weighted by Gasteiger charge is -1.97. The number of carbonyl (C=O) groups excluding carboxylic acids is 2. The molecule has 5 heteroatoms. The zero-order chi connectivity index (χ0) is 9.40. The van der Waals surface area contributed by atoms with Crippen LogP contribution in [0.3, 0.4) is 0 Å². The topological polar surface area (TPSA) is 64.6 Å². The van der Waals surface area contributed by atoms with Crippen molar-refractivity contribution >= 4 is 11.9 Å². The van der Waals surface area contributed by atoms with Crippen LogP contribution >= 0.6 is 0 Å². The third-order valence-corrected chi connectivity index (χ3v) is 1.01. The Morgan fingerprint density at radius 1 is 1.33 bits per heavy atom. The fourth-order valence-corrected chi connectivity index (χ4v) is 0.409. The molecule has 0 saturated carbocycles. The molecular formula is C7H11NO4. The SMILES string of the molecule is COC(=O)/C=C/NCC(=O)OC. The lowest BCUT2D eigenvalue weighted by Crippen LogP contribution is -2.19. The zero-order valence-electron chi connectivity index (χ0n) is 6.99. The molecule has 0 bridgehead atoms. The standard InChI is InChI=1S/C7H11NO4/c1-11-6(9)3-4-8-5-7(10)12-2/h3-4,8H,5H2,1-2H3/b4-3+. The van der Waals surface area contributed by atoms with E-state index in [1.54, 1.807) is 0 Å². The van der Waals surface area contributed by atoms with E-state index in [4.69, 9.17) is 0 Å². The van der Waals surface area contributed by atoms with Crippen molar-refractivity contribution in [1.82, 2.24) is 5.32 Å². The summed E-state index contributed by atoms with van der Waals surface area (Å²) in [5.74, 6) is -0.878. The van der Waals surface area contributed by atoms with E-state index in [1.807, 2.05) is 0 Å². The van der Waals surface area contributed by atoms with Crippen LogP contribution in [0.5, 0.6) is 0 Å². The monoisotopic (exact) mass is 173 g/mol. The van der Waals surface area contributed by atoms with Gasteiger partial charge < -0.3 is 14.8 Å². The first-order valence-electron chi connectivity index (χ1n) is 3.25. The Bertz CT molecular complexity index is 188. The molecule has 0 rings (SSSR count). The van der Waals surface area contributed by atoms with Gasteiger partial charge in [-0.3, -0.25) is 4.79 Å². The summed E-state index contributed by atoms with van der Waals surface area (Å²) in [7, 11) is 2.56. The number of carbonyl (C=O) groups is 2. The third-order valence-electron chi connectivity index (χ3n) is 1.01. The van der Waals surface area contributed by atoms with Crippen molar-refractivity contribution in [3.8, 4) is 0 Å². The van der Waals surface area contributed by atoms with Gasteiger partial charge in [0, 0.05) is 12.3 Å². The lowest BCUT2D eigenvalue weighted by molar-refractivity contribution is -0.139. The fourth-order valence-electron chi connectivity index (χ4n) is 0.409. The molecule has 0 heterocycles. The Morgan fingerprint density at radius 2 is 2.00 bits per heavy atom. The van der Waals surface area contributed by atoms with Gasteiger partial charge in [-0.05, 0) is 0 Å². The molecule has 12 heavy (non-hydrogen) atoms. The van der Waals surface area contributed by atoms with Crippen LogP contribution in [0.15, 0.2) is 12.3 Å². The fraction of sp³-hybridized carbons (Fsp3) is 0.429. The first kappa shape index (κ1) is 10.5. The number of hydrogen-bond acceptors (Lipinski definition) is 5. The molecule has 0 unspecified atom stereocenters. The van der Waals surface area contributed by atoms with Crippen LogP contribution in [-0.2, 0) is 19.1 Å². The summed E-state index contributed by atoms with van der Waals surface area (Å²) in [5, 5.41) is 2.55. The highest BCUT2D eigenvalue weighted by molar-refractivity contribution is 5.81. The summed E-state index contributed by atoms with van der Waals surface area (Å²) in [6.07, 6.45) is 2.49. The molecule has 68 valence electrons. The minimum atomic E-state index is -0.479. The largest absolute Gasteiger partial charge is 0.468 e. The minimum Gasteiger partial charge on any atom is -0.468 e. The second-order valence-corrected chi connectivity index (χ2v) is 1.81. The lowest BCUT2D eigenvalue weighted by atomic mass is 10.6. The average molecular weight is 173 g/mol. The van der Waals surface area contributed by atoms with Crippen LogP contribution in [-0.4, -0.2) is 32.7 Å². The number of nitrogens with one attached hydrogen (secondary N) is 1. The van der Waals surface area contributed by atoms with E-state index in [1.165, 1.54) is 26.5 Å². The van der Waals surface area contributed by atoms with E-state index >= 15 is 0 Å². The molecule has 0 atom stereocenters. The van der Waals surface area contributed by atoms with Gasteiger partial charge in [-0.2, -0.15) is 0 Å². The molecule has 0 aromatic heterocycles. The van der Waals surface area contributed by atoms with Gasteiger partial charge >= 0.3 is 11.9 Å². The molecule has 0 aliphatic rings. The van der Waals surface area contributed by atoms with Crippen LogP contribution in [0.4, 0.5) is 0 Å². The van der Waals surface area contributed by atoms with Gasteiger partial charge in [-0.15, -0.1) is 0 Å². The summed E-state index contributed by atoms with van der Waals surface area (Å²) in [5.41, 5.74) is 0. The number of esters is 2. The predicted molar refractivity (Wildman–Crippen MR) is 41.2 cm³/mol. The first-order chi connectivity index (χ1) is 5.70. The van der Waals surface area contributed by atoms with Gasteiger partial charge in [-0.1, -0.05) is 0 Å². The highest BCUT2D eigenvalue weighted by Gasteiger charge is 1.95. The molecule has 0 radical (unpaired) electrons. The third kappa shape index (κ3) is 5.28. The summed E-state index contributed by atoms with van der Waals surface area (Å²) in [6.45, 7) is 0.0317. The quantitative estimate of drug-likeness (QED) is 0.456. The van der Waals surface area contributed by atoms with Crippen LogP contribution in [0.2, 0.25) is 0 Å². The molecule has 1 N–H and O–H groups in total. The van der Waals surface area contributed by atoms with Crippen molar-refractivity contribution in [2.24, 2.45) is 0 Å². The van der Waals surface area contributed by atoms with Crippen molar-refractivity contribution in [1.29, 1.82) is 0 Å². The Hall–Kier alpha value is -1.52. The van der Waals surface area contributed by atoms with Gasteiger partial charge in [0.15, 0.2) is 0 Å². The molecule has 5 nitrogen and oxygen atoms in total. The maximum Gasteiger partial charge on any atom is 0.331 e. The molecular weight excluding hydrogens is 162 g/mol. The molecule has 0 saturated heterocycles. The smallest absolute Gasteiger partial charge is 0.331 e. The normalized spacial score (nSPS) is 9.50. The van der Waals surface area contributed by atoms with E-state index in [0.29, 0.717) is 0 Å². The summed E-state index contributed by atoms with van der Waals surface area (Å²) in [6, 6.07) is 0. The molecule has 0 spiro atoms. The van der Waals surface area contributed by atoms with E-state index in [-0.39, 0.29) is 6.54 Å². The molecule has 0 aliphatic heterocycles. The Kier molecular flexibility index (Phi) is 5.42. The van der Waals surface area contributed by atoms with Crippen LogP contribution in [0.25, 0.3) is 0 Å². The van der Waals surface area contributed by atoms with Crippen LogP contribution < -0.4 is 5.32 Å². The van der Waals surface area contributed by atoms with Crippen molar-refractivity contribution < 1.29 is 19.1 Å². The second kappa shape index (κ2) is 6.21. The van der Waals surface area contributed by atoms with Crippen molar-refractivity contribution in [3.05, 3.63) is 12.3 Å². The summed E-state index contributed by atoms with van der Waals surface area (Å²) < 4.78 is 8.63. The number of ether oxygens (including phenoxy) is 2. The first-order valence-corrected chi connectivity index (χ1v) is 3.25. The molecule has 0 aromatic rings. The highest BCUT2D eigenvalue weighted by atomic mass is 16.5. The molecule has 0 fully saturated rings. The Morgan fingerprint density at radius 3 is 2.50 bits per heavy atom. The predicted octanol–water partition coefficient (Wildman–Crippen LogP) is -0.564. The molecule has 0 amide bonds. The number of methoxy groups -OCH3 is 2. The van der Waals surface area contributed by atoms with Gasteiger partial charge in [-0.25, -0.2) is 4.79 Å². The van der Waals surface area contributed by atoms with E-state index < -0.39 is 11.9 Å². The maximum absolute atomic E-state index is 10.5. The van der Waals surface area contributed by atoms with Gasteiger partial charge in [0.25, 0.3) is 0 Å². The van der Waals surface area contributed by atoms with Crippen LogP contribution in [0.1, 0.15) is 0 Å². The van der Waals surface area contributed by atoms with E-state index in [2.05, 4.69) is 14.8 Å². The van der Waals surface area contributed by atoms with Crippen LogP contribution in [0, 0.1) is 0 Å². The van der Waals surface area contributed by atoms with Gasteiger partial charge in [0.1, 0.15) is 6.54 Å². The van der Waals surface area contributed by atoms with Gasteiger partial charge in [0.2, 0.25) is 0 Å². The van der Waals surface area contributed by atoms with Crippen molar-refractivity contribution in [3.63, 3.8) is 0 Å². The Labute approximate surface area is 70.3 Å². The van der Waals surface area contributed by atoms with E-state index in [0.717, 1.165) is 0 Å². The minimum absolute atomic E-state index is 0.0317. The molecule has 0 aromatic carbocycles. The zero-order valence-corrected chi connectivity index (χ0v) is 6.99. The molecule has 0 aliphatic carbocycles. The maximum atomic E-state index is 10.5.